The molecule has 15 nitrogen and oxygen atoms in total. The monoisotopic (exact) mass is 697 g/mol. The normalized spacial score (nSPS) is 17.8. The summed E-state index contributed by atoms with van der Waals surface area (Å²) in [5.41, 5.74) is 6.24. The van der Waals surface area contributed by atoms with E-state index in [1.807, 2.05) is 4.90 Å². The highest BCUT2D eigenvalue weighted by Gasteiger charge is 2.29. The molecule has 0 radical (unpaired) electrons. The summed E-state index contributed by atoms with van der Waals surface area (Å²) in [5, 5.41) is 51.5. The maximum Gasteiger partial charge on any atom is 0.337 e. The Morgan fingerprint density at radius 2 is 1.52 bits per heavy atom. The van der Waals surface area contributed by atoms with E-state index in [4.69, 9.17) is 5.73 Å². The van der Waals surface area contributed by atoms with Crippen LogP contribution in [-0.2, 0) is 14.9 Å². The summed E-state index contributed by atoms with van der Waals surface area (Å²) in [6.45, 7) is 4.24. The maximum atomic E-state index is 12.3. The molecule has 1 aliphatic carbocycles. The average Bonchev–Trinajstić information content (AvgIpc) is 3.27. The van der Waals surface area contributed by atoms with Gasteiger partial charge in [0.05, 0.1) is 28.3 Å². The zero-order chi connectivity index (χ0) is 35.8. The molecule has 1 fully saturated rings. The Morgan fingerprint density at radius 3 is 2.12 bits per heavy atom. The molecule has 1 aliphatic heterocycles. The predicted molar refractivity (Wildman–Crippen MR) is 187 cm³/mol. The van der Waals surface area contributed by atoms with E-state index < -0.39 is 43.8 Å². The number of anilines is 2. The number of benzene rings is 4. The van der Waals surface area contributed by atoms with E-state index in [9.17, 15) is 37.9 Å². The highest BCUT2D eigenvalue weighted by atomic mass is 32.2. The van der Waals surface area contributed by atoms with Crippen LogP contribution in [0.5, 0.6) is 5.75 Å². The van der Waals surface area contributed by atoms with Crippen molar-refractivity contribution in [1.82, 2.24) is 5.32 Å². The van der Waals surface area contributed by atoms with Crippen LogP contribution in [0, 0.1) is 5.41 Å². The standard InChI is InChI=1S/C34H31N7O8S/c1-34(33(45)46)10-8-22-23(9-11-34)27(39-40-30-29(50(47,48)49)16-19-2-3-20(35)17-24(19)31(30)42)6-5-26(22)38-37-21-4-7-28(25(18-21)32(43)44)41-14-12-36-13-15-41/h2-11,16-18,36,42H,12-15,35H2,1H3,(H,43,44)(H,45,46)(H,47,48,49). The summed E-state index contributed by atoms with van der Waals surface area (Å²) in [4.78, 5) is 25.6. The largest absolute Gasteiger partial charge is 0.505 e. The van der Waals surface area contributed by atoms with Gasteiger partial charge in [0, 0.05) is 48.4 Å². The third kappa shape index (κ3) is 6.67. The molecule has 1 unspecified atom stereocenters. The highest BCUT2D eigenvalue weighted by Crippen LogP contribution is 2.44. The summed E-state index contributed by atoms with van der Waals surface area (Å²) in [6.07, 6.45) is 5.93. The zero-order valence-electron chi connectivity index (χ0n) is 26.5. The lowest BCUT2D eigenvalue weighted by Gasteiger charge is -2.30. The molecule has 0 aromatic heterocycles. The summed E-state index contributed by atoms with van der Waals surface area (Å²) in [7, 11) is -4.87. The van der Waals surface area contributed by atoms with E-state index in [1.165, 1.54) is 67.6 Å². The van der Waals surface area contributed by atoms with Gasteiger partial charge in [0.25, 0.3) is 10.1 Å². The minimum atomic E-state index is -4.87. The summed E-state index contributed by atoms with van der Waals surface area (Å²) < 4.78 is 34.6. The number of rotatable bonds is 8. The van der Waals surface area contributed by atoms with Crippen molar-refractivity contribution in [3.05, 3.63) is 83.4 Å². The average molecular weight is 698 g/mol. The van der Waals surface area contributed by atoms with Gasteiger partial charge in [-0.25, -0.2) is 4.79 Å². The second-order valence-electron chi connectivity index (χ2n) is 11.9. The lowest BCUT2D eigenvalue weighted by atomic mass is 9.90. The fourth-order valence-electron chi connectivity index (χ4n) is 5.66. The van der Waals surface area contributed by atoms with Crippen LogP contribution in [0.1, 0.15) is 28.4 Å². The number of carboxylic acid groups (broad SMARTS) is 2. The topological polar surface area (TPSA) is 240 Å². The summed E-state index contributed by atoms with van der Waals surface area (Å²) in [5.74, 6) is -2.83. The minimum absolute atomic E-state index is 0.0712. The van der Waals surface area contributed by atoms with Crippen molar-refractivity contribution in [2.75, 3.05) is 36.8 Å². The van der Waals surface area contributed by atoms with Gasteiger partial charge in [-0.1, -0.05) is 30.4 Å². The lowest BCUT2D eigenvalue weighted by molar-refractivity contribution is -0.142. The number of fused-ring (bicyclic) bond motifs is 2. The van der Waals surface area contributed by atoms with Crippen LogP contribution in [0.25, 0.3) is 22.9 Å². The van der Waals surface area contributed by atoms with E-state index in [1.54, 1.807) is 12.1 Å². The molecule has 0 bridgehead atoms. The first-order chi connectivity index (χ1) is 23.7. The Hall–Kier alpha value is -5.97. The molecule has 256 valence electrons. The van der Waals surface area contributed by atoms with Gasteiger partial charge in [-0.15, -0.1) is 15.3 Å². The van der Waals surface area contributed by atoms with E-state index in [0.29, 0.717) is 35.6 Å². The number of hydrogen-bond acceptors (Lipinski definition) is 12. The Balaban J connectivity index is 1.44. The maximum absolute atomic E-state index is 12.3. The zero-order valence-corrected chi connectivity index (χ0v) is 27.3. The number of carboxylic acids is 2. The molecule has 1 heterocycles. The molecular formula is C34H31N7O8S. The quantitative estimate of drug-likeness (QED) is 0.0664. The fourth-order valence-corrected chi connectivity index (χ4v) is 6.31. The first-order valence-corrected chi connectivity index (χ1v) is 16.7. The Kier molecular flexibility index (Phi) is 8.92. The minimum Gasteiger partial charge on any atom is -0.505 e. The number of azo groups is 2. The molecule has 1 saturated heterocycles. The van der Waals surface area contributed by atoms with Crippen LogP contribution >= 0.6 is 0 Å². The van der Waals surface area contributed by atoms with Crippen LogP contribution < -0.4 is 16.0 Å². The number of aromatic carboxylic acids is 1. The number of carbonyl (C=O) groups is 2. The van der Waals surface area contributed by atoms with Gasteiger partial charge in [0.2, 0.25) is 0 Å². The molecule has 1 atom stereocenters. The van der Waals surface area contributed by atoms with Crippen LogP contribution in [0.3, 0.4) is 0 Å². The summed E-state index contributed by atoms with van der Waals surface area (Å²) >= 11 is 0. The Bertz CT molecular complexity index is 2300. The number of phenols is 1. The number of piperazine rings is 1. The second kappa shape index (κ2) is 13.1. The molecule has 50 heavy (non-hydrogen) atoms. The SMILES string of the molecule is CC1(C(=O)O)C=Cc2c(N=Nc3ccc(N4CCNCC4)c(C(=O)O)c3)ccc(N=Nc3c(S(=O)(=O)O)cc4ccc(N)cc4c3O)c2C=C1. The molecule has 0 saturated carbocycles. The fraction of sp³-hybridized carbons (Fsp3) is 0.176. The second-order valence-corrected chi connectivity index (χ2v) is 13.2. The van der Waals surface area contributed by atoms with Crippen molar-refractivity contribution < 1.29 is 37.9 Å². The van der Waals surface area contributed by atoms with Gasteiger partial charge in [0.1, 0.15) is 16.0 Å². The molecule has 7 N–H and O–H groups in total. The van der Waals surface area contributed by atoms with E-state index in [2.05, 4.69) is 25.8 Å². The number of nitrogens with two attached hydrogens (primary N) is 1. The van der Waals surface area contributed by atoms with Crippen molar-refractivity contribution in [2.24, 2.45) is 25.9 Å². The van der Waals surface area contributed by atoms with E-state index in [-0.39, 0.29) is 33.4 Å². The van der Waals surface area contributed by atoms with Crippen LogP contribution in [0.15, 0.2) is 92.1 Å². The molecule has 4 aromatic carbocycles. The third-order valence-corrected chi connectivity index (χ3v) is 9.32. The van der Waals surface area contributed by atoms with Gasteiger partial charge in [0.15, 0.2) is 5.75 Å². The van der Waals surface area contributed by atoms with Gasteiger partial charge in [-0.2, -0.15) is 13.5 Å². The number of hydrogen-bond donors (Lipinski definition) is 6. The van der Waals surface area contributed by atoms with Gasteiger partial charge in [-0.3, -0.25) is 9.35 Å². The van der Waals surface area contributed by atoms with Gasteiger partial charge >= 0.3 is 11.9 Å². The van der Waals surface area contributed by atoms with Gasteiger partial charge in [-0.05, 0) is 60.8 Å². The van der Waals surface area contributed by atoms with Crippen molar-refractivity contribution in [3.8, 4) is 5.75 Å². The molecular weight excluding hydrogens is 666 g/mol. The predicted octanol–water partition coefficient (Wildman–Crippen LogP) is 6.44. The molecule has 16 heteroatoms. The first-order valence-electron chi connectivity index (χ1n) is 15.2. The van der Waals surface area contributed by atoms with Crippen LogP contribution in [0.4, 0.5) is 34.1 Å². The van der Waals surface area contributed by atoms with Gasteiger partial charge < -0.3 is 31.3 Å². The highest BCUT2D eigenvalue weighted by molar-refractivity contribution is 7.86. The third-order valence-electron chi connectivity index (χ3n) is 8.45. The van der Waals surface area contributed by atoms with Crippen LogP contribution in [0.2, 0.25) is 0 Å². The van der Waals surface area contributed by atoms with Crippen molar-refractivity contribution in [3.63, 3.8) is 0 Å². The number of nitrogens with one attached hydrogen (secondary N) is 1. The molecule has 0 spiro atoms. The van der Waals surface area contributed by atoms with E-state index >= 15 is 0 Å². The molecule has 4 aromatic rings. The number of aromatic hydroxyl groups is 1. The Labute approximate surface area is 285 Å². The lowest BCUT2D eigenvalue weighted by Crippen LogP contribution is -2.44. The van der Waals surface area contributed by atoms with Crippen molar-refractivity contribution in [2.45, 2.75) is 11.8 Å². The smallest absolute Gasteiger partial charge is 0.337 e. The van der Waals surface area contributed by atoms with Crippen LogP contribution in [-0.4, -0.2) is 66.4 Å². The Morgan fingerprint density at radius 1 is 0.880 bits per heavy atom. The molecule has 6 rings (SSSR count). The first kappa shape index (κ1) is 33.9. The molecule has 0 amide bonds. The van der Waals surface area contributed by atoms with Crippen molar-refractivity contribution in [1.29, 1.82) is 0 Å². The number of aliphatic carboxylic acids is 1. The number of nitrogens with zero attached hydrogens (tertiary/aromatic N) is 5. The summed E-state index contributed by atoms with van der Waals surface area (Å²) in [6, 6.07) is 13.3. The van der Waals surface area contributed by atoms with Crippen molar-refractivity contribution >= 4 is 79.1 Å². The number of phenolic OH excluding ortho intramolecular Hbond substituents is 1. The number of nitrogen functional groups attached to an aromatic ring is 1. The van der Waals surface area contributed by atoms with E-state index in [0.717, 1.165) is 19.2 Å². The molecule has 2 aliphatic rings.